The summed E-state index contributed by atoms with van der Waals surface area (Å²) < 4.78 is 0. The standard InChI is InChI=1S/C13H19NO/c1-4-14-11(3)10(2)8-12-6-5-7-13(15)9-12/h5-9,11,14-15H,4H2,1-3H3/b10-8+. The van der Waals surface area contributed by atoms with Crippen molar-refractivity contribution in [1.82, 2.24) is 5.32 Å². The number of phenols is 1. The first-order chi connectivity index (χ1) is 7.13. The second-order valence-corrected chi connectivity index (χ2v) is 3.76. The molecular weight excluding hydrogens is 186 g/mol. The van der Waals surface area contributed by atoms with E-state index < -0.39 is 0 Å². The molecule has 0 bridgehead atoms. The van der Waals surface area contributed by atoms with E-state index in [-0.39, 0.29) is 0 Å². The predicted octanol–water partition coefficient (Wildman–Crippen LogP) is 2.79. The van der Waals surface area contributed by atoms with Crippen LogP contribution < -0.4 is 5.32 Å². The number of nitrogens with one attached hydrogen (secondary N) is 1. The van der Waals surface area contributed by atoms with E-state index >= 15 is 0 Å². The van der Waals surface area contributed by atoms with Gasteiger partial charge in [-0.1, -0.05) is 30.7 Å². The first kappa shape index (κ1) is 11.8. The summed E-state index contributed by atoms with van der Waals surface area (Å²) >= 11 is 0. The number of rotatable bonds is 4. The zero-order valence-corrected chi connectivity index (χ0v) is 9.62. The Labute approximate surface area is 91.6 Å². The second kappa shape index (κ2) is 5.56. The number of hydrogen-bond donors (Lipinski definition) is 2. The summed E-state index contributed by atoms with van der Waals surface area (Å²) in [7, 11) is 0. The van der Waals surface area contributed by atoms with Crippen molar-refractivity contribution in [2.24, 2.45) is 0 Å². The summed E-state index contributed by atoms with van der Waals surface area (Å²) in [5.41, 5.74) is 2.31. The van der Waals surface area contributed by atoms with E-state index in [0.29, 0.717) is 11.8 Å². The Morgan fingerprint density at radius 3 is 2.87 bits per heavy atom. The molecule has 0 radical (unpaired) electrons. The Kier molecular flexibility index (Phi) is 4.37. The van der Waals surface area contributed by atoms with Crippen LogP contribution in [0.5, 0.6) is 5.75 Å². The van der Waals surface area contributed by atoms with Crippen LogP contribution in [-0.2, 0) is 0 Å². The van der Waals surface area contributed by atoms with Crippen molar-refractivity contribution in [3.63, 3.8) is 0 Å². The minimum absolute atomic E-state index is 0.313. The normalized spacial score (nSPS) is 13.9. The summed E-state index contributed by atoms with van der Waals surface area (Å²) in [5, 5.41) is 12.7. The van der Waals surface area contributed by atoms with Crippen LogP contribution >= 0.6 is 0 Å². The molecule has 0 aliphatic carbocycles. The Bertz CT molecular complexity index is 344. The zero-order valence-electron chi connectivity index (χ0n) is 9.62. The van der Waals surface area contributed by atoms with Crippen molar-refractivity contribution < 1.29 is 5.11 Å². The predicted molar refractivity (Wildman–Crippen MR) is 64.9 cm³/mol. The van der Waals surface area contributed by atoms with Gasteiger partial charge in [0.25, 0.3) is 0 Å². The maximum atomic E-state index is 9.32. The van der Waals surface area contributed by atoms with Crippen LogP contribution in [0.25, 0.3) is 6.08 Å². The van der Waals surface area contributed by atoms with E-state index in [1.54, 1.807) is 12.1 Å². The summed E-state index contributed by atoms with van der Waals surface area (Å²) in [5.74, 6) is 0.313. The molecule has 0 amide bonds. The Morgan fingerprint density at radius 1 is 1.53 bits per heavy atom. The molecule has 0 aliphatic rings. The highest BCUT2D eigenvalue weighted by atomic mass is 16.3. The van der Waals surface area contributed by atoms with Gasteiger partial charge in [0.05, 0.1) is 0 Å². The Morgan fingerprint density at radius 2 is 2.27 bits per heavy atom. The average Bonchev–Trinajstić information content (AvgIpc) is 2.18. The molecule has 1 atom stereocenters. The summed E-state index contributed by atoms with van der Waals surface area (Å²) in [4.78, 5) is 0. The van der Waals surface area contributed by atoms with Crippen LogP contribution in [0.3, 0.4) is 0 Å². The van der Waals surface area contributed by atoms with E-state index in [0.717, 1.165) is 12.1 Å². The number of aromatic hydroxyl groups is 1. The fourth-order valence-electron chi connectivity index (χ4n) is 1.47. The van der Waals surface area contributed by atoms with Gasteiger partial charge in [-0.25, -0.2) is 0 Å². The SMILES string of the molecule is CCNC(C)/C(C)=C/c1cccc(O)c1. The monoisotopic (exact) mass is 205 g/mol. The van der Waals surface area contributed by atoms with Crippen LogP contribution in [0.15, 0.2) is 29.8 Å². The van der Waals surface area contributed by atoms with Crippen molar-refractivity contribution in [3.8, 4) is 5.75 Å². The molecule has 2 heteroatoms. The molecule has 1 rings (SSSR count). The molecule has 82 valence electrons. The molecule has 0 aromatic heterocycles. The number of likely N-dealkylation sites (N-methyl/N-ethyl adjacent to an activating group) is 1. The third kappa shape index (κ3) is 3.76. The van der Waals surface area contributed by atoms with Crippen molar-refractivity contribution in [2.75, 3.05) is 6.54 Å². The molecule has 2 nitrogen and oxygen atoms in total. The van der Waals surface area contributed by atoms with E-state index in [1.165, 1.54) is 5.57 Å². The fraction of sp³-hybridized carbons (Fsp3) is 0.385. The minimum atomic E-state index is 0.313. The third-order valence-corrected chi connectivity index (χ3v) is 2.46. The maximum absolute atomic E-state index is 9.32. The third-order valence-electron chi connectivity index (χ3n) is 2.46. The van der Waals surface area contributed by atoms with Gasteiger partial charge in [0.1, 0.15) is 5.75 Å². The summed E-state index contributed by atoms with van der Waals surface area (Å²) in [6, 6.07) is 7.66. The number of hydrogen-bond acceptors (Lipinski definition) is 2. The van der Waals surface area contributed by atoms with Gasteiger partial charge >= 0.3 is 0 Å². The Balaban J connectivity index is 2.78. The second-order valence-electron chi connectivity index (χ2n) is 3.76. The maximum Gasteiger partial charge on any atom is 0.116 e. The van der Waals surface area contributed by atoms with Crippen LogP contribution in [0.2, 0.25) is 0 Å². The van der Waals surface area contributed by atoms with E-state index in [1.807, 2.05) is 12.1 Å². The topological polar surface area (TPSA) is 32.3 Å². The van der Waals surface area contributed by atoms with Crippen molar-refractivity contribution in [1.29, 1.82) is 0 Å². The molecule has 15 heavy (non-hydrogen) atoms. The van der Waals surface area contributed by atoms with Gasteiger partial charge in [0.2, 0.25) is 0 Å². The quantitative estimate of drug-likeness (QED) is 0.792. The smallest absolute Gasteiger partial charge is 0.116 e. The molecule has 1 aromatic carbocycles. The first-order valence-corrected chi connectivity index (χ1v) is 5.34. The van der Waals surface area contributed by atoms with Gasteiger partial charge in [-0.15, -0.1) is 0 Å². The van der Waals surface area contributed by atoms with Crippen molar-refractivity contribution in [2.45, 2.75) is 26.8 Å². The van der Waals surface area contributed by atoms with Gasteiger partial charge in [0, 0.05) is 6.04 Å². The molecule has 2 N–H and O–H groups in total. The van der Waals surface area contributed by atoms with Gasteiger partial charge in [0.15, 0.2) is 0 Å². The largest absolute Gasteiger partial charge is 0.508 e. The highest BCUT2D eigenvalue weighted by molar-refractivity contribution is 5.55. The van der Waals surface area contributed by atoms with Crippen LogP contribution in [0, 0.1) is 0 Å². The highest BCUT2D eigenvalue weighted by Gasteiger charge is 2.01. The van der Waals surface area contributed by atoms with Gasteiger partial charge in [-0.05, 0) is 38.1 Å². The number of benzene rings is 1. The molecule has 0 saturated heterocycles. The van der Waals surface area contributed by atoms with Gasteiger partial charge < -0.3 is 10.4 Å². The van der Waals surface area contributed by atoms with Crippen LogP contribution in [0.4, 0.5) is 0 Å². The number of phenolic OH excluding ortho intramolecular Hbond substituents is 1. The van der Waals surface area contributed by atoms with E-state index in [9.17, 15) is 5.11 Å². The molecule has 0 heterocycles. The van der Waals surface area contributed by atoms with Crippen LogP contribution in [-0.4, -0.2) is 17.7 Å². The fourth-order valence-corrected chi connectivity index (χ4v) is 1.47. The lowest BCUT2D eigenvalue weighted by Crippen LogP contribution is -2.26. The lowest BCUT2D eigenvalue weighted by molar-refractivity contribution is 0.475. The Hall–Kier alpha value is -1.28. The lowest BCUT2D eigenvalue weighted by atomic mass is 10.1. The lowest BCUT2D eigenvalue weighted by Gasteiger charge is -2.12. The first-order valence-electron chi connectivity index (χ1n) is 5.34. The molecule has 0 spiro atoms. The zero-order chi connectivity index (χ0) is 11.3. The highest BCUT2D eigenvalue weighted by Crippen LogP contribution is 2.15. The molecular formula is C13H19NO. The summed E-state index contributed by atoms with van der Waals surface area (Å²) in [6.45, 7) is 7.29. The molecule has 0 aliphatic heterocycles. The van der Waals surface area contributed by atoms with Crippen LogP contribution in [0.1, 0.15) is 26.3 Å². The molecule has 1 aromatic rings. The molecule has 0 saturated carbocycles. The minimum Gasteiger partial charge on any atom is -0.508 e. The van der Waals surface area contributed by atoms with Gasteiger partial charge in [-0.2, -0.15) is 0 Å². The van der Waals surface area contributed by atoms with E-state index in [4.69, 9.17) is 0 Å². The molecule has 0 fully saturated rings. The van der Waals surface area contributed by atoms with Crippen molar-refractivity contribution in [3.05, 3.63) is 35.4 Å². The van der Waals surface area contributed by atoms with Crippen molar-refractivity contribution >= 4 is 6.08 Å². The average molecular weight is 205 g/mol. The van der Waals surface area contributed by atoms with Gasteiger partial charge in [-0.3, -0.25) is 0 Å². The molecule has 1 unspecified atom stereocenters. The summed E-state index contributed by atoms with van der Waals surface area (Å²) in [6.07, 6.45) is 2.09. The van der Waals surface area contributed by atoms with E-state index in [2.05, 4.69) is 32.2 Å².